The van der Waals surface area contributed by atoms with E-state index >= 15 is 0 Å². The van der Waals surface area contributed by atoms with E-state index < -0.39 is 84.0 Å². The van der Waals surface area contributed by atoms with Gasteiger partial charge < -0.3 is 59.1 Å². The number of aliphatic hydroxyl groups is 4. The maximum atomic E-state index is 14.2. The van der Waals surface area contributed by atoms with Gasteiger partial charge in [0.05, 0.1) is 49.1 Å². The Morgan fingerprint density at radius 3 is 2.26 bits per heavy atom. The van der Waals surface area contributed by atoms with E-state index in [1.165, 1.54) is 13.8 Å². The smallest absolute Gasteiger partial charge is 0.324 e. The molecule has 0 aromatic heterocycles. The second-order valence-corrected chi connectivity index (χ2v) is 18.0. The van der Waals surface area contributed by atoms with Gasteiger partial charge in [-0.3, -0.25) is 9.69 Å². The Bertz CT molecular complexity index is 1710. The number of cyclic esters (lactones) is 1. The molecule has 2 aromatic carbocycles. The summed E-state index contributed by atoms with van der Waals surface area (Å²) < 4.78 is 37.8. The summed E-state index contributed by atoms with van der Waals surface area (Å²) in [6.45, 7) is 17.7. The van der Waals surface area contributed by atoms with Crippen LogP contribution in [0.2, 0.25) is 0 Å². The second kappa shape index (κ2) is 21.1. The molecule has 14 atom stereocenters. The lowest BCUT2D eigenvalue weighted by Crippen LogP contribution is -2.62. The Balaban J connectivity index is 1.81. The van der Waals surface area contributed by atoms with Crippen molar-refractivity contribution in [3.8, 4) is 17.2 Å². The van der Waals surface area contributed by atoms with Gasteiger partial charge in [0.1, 0.15) is 23.6 Å². The third-order valence-electron chi connectivity index (χ3n) is 12.3. The fraction of sp³-hybridized carbons (Fsp3) is 0.696. The minimum Gasteiger partial charge on any atom is -0.493 e. The first-order valence-corrected chi connectivity index (χ1v) is 21.7. The van der Waals surface area contributed by atoms with Crippen molar-refractivity contribution in [1.82, 2.24) is 10.2 Å². The predicted molar refractivity (Wildman–Crippen MR) is 232 cm³/mol. The van der Waals surface area contributed by atoms with Gasteiger partial charge >= 0.3 is 12.0 Å². The zero-order valence-electron chi connectivity index (χ0n) is 38.4. The first-order valence-electron chi connectivity index (χ1n) is 21.7. The molecule has 5 N–H and O–H groups in total. The van der Waals surface area contributed by atoms with Gasteiger partial charge in [0.2, 0.25) is 0 Å². The highest BCUT2D eigenvalue weighted by Gasteiger charge is 2.51. The molecular formula is C46H73N3O12. The Morgan fingerprint density at radius 2 is 1.66 bits per heavy atom. The molecule has 2 saturated heterocycles. The third-order valence-corrected chi connectivity index (χ3v) is 12.3. The van der Waals surface area contributed by atoms with E-state index in [0.717, 1.165) is 0 Å². The van der Waals surface area contributed by atoms with Crippen molar-refractivity contribution in [2.75, 3.05) is 32.6 Å². The highest BCUT2D eigenvalue weighted by molar-refractivity contribution is 5.91. The Kier molecular flexibility index (Phi) is 17.3. The number of nitrogens with one attached hydrogen (secondary N) is 1. The fourth-order valence-corrected chi connectivity index (χ4v) is 8.72. The molecular weight excluding hydrogens is 787 g/mol. The summed E-state index contributed by atoms with van der Waals surface area (Å²) in [5, 5.41) is 50.5. The van der Waals surface area contributed by atoms with Crippen LogP contribution in [0.5, 0.6) is 17.2 Å². The summed E-state index contributed by atoms with van der Waals surface area (Å²) in [4.78, 5) is 31.1. The summed E-state index contributed by atoms with van der Waals surface area (Å²) in [5.41, 5.74) is -2.77. The van der Waals surface area contributed by atoms with Crippen molar-refractivity contribution in [3.63, 3.8) is 0 Å². The normalized spacial score (nSPS) is 35.6. The van der Waals surface area contributed by atoms with Crippen LogP contribution in [-0.2, 0) is 19.0 Å². The van der Waals surface area contributed by atoms with Gasteiger partial charge in [-0.25, -0.2) is 4.79 Å². The summed E-state index contributed by atoms with van der Waals surface area (Å²) >= 11 is 0. The van der Waals surface area contributed by atoms with E-state index in [-0.39, 0.29) is 30.9 Å². The molecule has 4 rings (SSSR count). The Morgan fingerprint density at radius 1 is 1.00 bits per heavy atom. The van der Waals surface area contributed by atoms with Crippen LogP contribution in [-0.4, -0.2) is 137 Å². The Labute approximate surface area is 362 Å². The summed E-state index contributed by atoms with van der Waals surface area (Å²) in [5.74, 6) is -1.73. The van der Waals surface area contributed by atoms with E-state index in [1.54, 1.807) is 76.9 Å². The molecule has 0 radical (unpaired) electrons. The van der Waals surface area contributed by atoms with Crippen LogP contribution < -0.4 is 24.4 Å². The maximum absolute atomic E-state index is 14.2. The van der Waals surface area contributed by atoms with Crippen LogP contribution in [0.1, 0.15) is 88.5 Å². The number of nitrogens with zero attached hydrogens (tertiary/aromatic N) is 2. The minimum atomic E-state index is -1.82. The lowest BCUT2D eigenvalue weighted by molar-refractivity contribution is -0.293. The first-order chi connectivity index (χ1) is 28.5. The van der Waals surface area contributed by atoms with Crippen molar-refractivity contribution >= 4 is 17.7 Å². The number of carbonyl (C=O) groups excluding carboxylic acids is 2. The zero-order chi connectivity index (χ0) is 45.6. The quantitative estimate of drug-likeness (QED) is 0.198. The first kappa shape index (κ1) is 50.0. The van der Waals surface area contributed by atoms with Crippen LogP contribution >= 0.6 is 0 Å². The predicted octanol–water partition coefficient (Wildman–Crippen LogP) is 5.14. The lowest BCUT2D eigenvalue weighted by atomic mass is 9.78. The summed E-state index contributed by atoms with van der Waals surface area (Å²) in [6, 6.07) is 12.9. The third kappa shape index (κ3) is 12.1. The molecule has 15 nitrogen and oxygen atoms in total. The number of rotatable bonds is 10. The van der Waals surface area contributed by atoms with E-state index in [4.69, 9.17) is 28.4 Å². The number of urea groups is 1. The lowest BCUT2D eigenvalue weighted by Gasteiger charge is -2.48. The highest BCUT2D eigenvalue weighted by Crippen LogP contribution is 2.39. The molecule has 0 bridgehead atoms. The molecule has 2 aromatic rings. The number of carbonyl (C=O) groups is 2. The van der Waals surface area contributed by atoms with Gasteiger partial charge in [-0.2, -0.15) is 0 Å². The Hall–Kier alpha value is -3.70. The van der Waals surface area contributed by atoms with E-state index in [0.29, 0.717) is 35.9 Å². The molecule has 2 aliphatic rings. The average Bonchev–Trinajstić information content (AvgIpc) is 3.21. The SMILES string of the molecule is CC[C@H]1OC(=O)[C@H](C)[C@@H](O)[C@H](C)[C@@H](O[C@@H]2O[C@H](C)C[C@H](N(C)C(=O)N(C)c3ccccc3)[C@H]2Oc2ccc(OC)c(OC(C)C)c2)[C@](C)(O)C[C@@H](C)CN[C@H](C)[C@@H](O)[C@]1(C)O. The fourth-order valence-electron chi connectivity index (χ4n) is 8.72. The van der Waals surface area contributed by atoms with Crippen LogP contribution in [0.15, 0.2) is 48.5 Å². The number of esters is 1. The standard InChI is InChI=1S/C46H73N3O12/c1-14-37-46(10,55)40(51)31(8)47-25-27(4)24-45(9,54)41(29(6)38(50)30(7)42(52)60-37)61-43-39(59-33-20-21-35(56-13)36(23-33)57-26(2)3)34(22-28(5)58-43)49(12)44(53)48(11)32-18-16-15-17-19-32/h15-21,23,26-31,34,37-41,43,47,50-51,54-55H,14,22,24-25H2,1-13H3/t27-,28-,29+,30-,31-,34+,37-,38+,39-,40-,41-,43+,45-,46-/m1/s1. The molecule has 344 valence electrons. The highest BCUT2D eigenvalue weighted by atomic mass is 16.7. The van der Waals surface area contributed by atoms with Crippen LogP contribution in [0, 0.1) is 17.8 Å². The molecule has 0 unspecified atom stereocenters. The van der Waals surface area contributed by atoms with Gasteiger partial charge in [-0.15, -0.1) is 0 Å². The molecule has 0 aliphatic carbocycles. The van der Waals surface area contributed by atoms with Crippen molar-refractivity contribution in [3.05, 3.63) is 48.5 Å². The largest absolute Gasteiger partial charge is 0.493 e. The molecule has 61 heavy (non-hydrogen) atoms. The van der Waals surface area contributed by atoms with Gasteiger partial charge in [0.15, 0.2) is 23.9 Å². The van der Waals surface area contributed by atoms with E-state index in [2.05, 4.69) is 5.32 Å². The summed E-state index contributed by atoms with van der Waals surface area (Å²) in [7, 11) is 4.95. The van der Waals surface area contributed by atoms with Crippen LogP contribution in [0.3, 0.4) is 0 Å². The molecule has 2 amide bonds. The van der Waals surface area contributed by atoms with Gasteiger partial charge in [0, 0.05) is 37.8 Å². The number of aliphatic hydroxyl groups excluding tert-OH is 2. The average molecular weight is 860 g/mol. The van der Waals surface area contributed by atoms with E-state index in [9.17, 15) is 30.0 Å². The number of anilines is 1. The number of hydrogen-bond acceptors (Lipinski definition) is 13. The molecule has 0 spiro atoms. The topological polar surface area (TPSA) is 189 Å². The van der Waals surface area contributed by atoms with Gasteiger partial charge in [0.25, 0.3) is 0 Å². The number of likely N-dealkylation sites (N-methyl/N-ethyl adjacent to an activating group) is 1. The molecule has 15 heteroatoms. The number of amides is 2. The zero-order valence-corrected chi connectivity index (χ0v) is 38.4. The van der Waals surface area contributed by atoms with Crippen molar-refractivity contribution < 1.29 is 58.4 Å². The summed E-state index contributed by atoms with van der Waals surface area (Å²) in [6.07, 6.45) is -7.12. The van der Waals surface area contributed by atoms with Crippen molar-refractivity contribution in [2.45, 2.75) is 161 Å². The number of methoxy groups -OCH3 is 1. The molecule has 2 aliphatic heterocycles. The monoisotopic (exact) mass is 860 g/mol. The van der Waals surface area contributed by atoms with Crippen LogP contribution in [0.4, 0.5) is 10.5 Å². The molecule has 0 saturated carbocycles. The molecule has 2 heterocycles. The number of ether oxygens (including phenoxy) is 6. The van der Waals surface area contributed by atoms with Crippen LogP contribution in [0.25, 0.3) is 0 Å². The van der Waals surface area contributed by atoms with Gasteiger partial charge in [-0.1, -0.05) is 39.0 Å². The second-order valence-electron chi connectivity index (χ2n) is 18.0. The van der Waals surface area contributed by atoms with Gasteiger partial charge in [-0.05, 0) is 104 Å². The minimum absolute atomic E-state index is 0.156. The van der Waals surface area contributed by atoms with Crippen molar-refractivity contribution in [1.29, 1.82) is 0 Å². The number of para-hydroxylation sites is 1. The number of hydrogen-bond donors (Lipinski definition) is 5. The van der Waals surface area contributed by atoms with Crippen molar-refractivity contribution in [2.24, 2.45) is 17.8 Å². The van der Waals surface area contributed by atoms with E-state index in [1.807, 2.05) is 58.0 Å². The molecule has 2 fully saturated rings. The maximum Gasteiger partial charge on any atom is 0.324 e. The number of benzene rings is 2.